The fourth-order valence-corrected chi connectivity index (χ4v) is 3.51. The highest BCUT2D eigenvalue weighted by Crippen LogP contribution is 2.42. The van der Waals surface area contributed by atoms with Crippen LogP contribution in [0.25, 0.3) is 0 Å². The van der Waals surface area contributed by atoms with Gasteiger partial charge in [-0.1, -0.05) is 55.2 Å². The van der Waals surface area contributed by atoms with Gasteiger partial charge in [-0.05, 0) is 54.4 Å². The van der Waals surface area contributed by atoms with E-state index in [0.717, 1.165) is 5.56 Å². The van der Waals surface area contributed by atoms with Crippen LogP contribution in [-0.2, 0) is 12.0 Å². The molecule has 0 aliphatic carbocycles. The van der Waals surface area contributed by atoms with Crippen molar-refractivity contribution in [1.82, 2.24) is 4.98 Å². The lowest BCUT2D eigenvalue weighted by atomic mass is 9.68. The molecule has 1 atom stereocenters. The van der Waals surface area contributed by atoms with Crippen LogP contribution in [0.15, 0.2) is 73.1 Å². The first-order chi connectivity index (χ1) is 13.3. The molecule has 3 rings (SSSR count). The van der Waals surface area contributed by atoms with Gasteiger partial charge in [0.25, 0.3) is 0 Å². The Hall–Kier alpha value is -2.07. The molecule has 2 aromatic carbocycles. The number of ether oxygens (including phenoxy) is 1. The molecule has 0 aliphatic heterocycles. The third-order valence-electron chi connectivity index (χ3n) is 5.08. The molecule has 1 N–H and O–H groups in total. The number of hydrogen-bond acceptors (Lipinski definition) is 3. The zero-order valence-corrected chi connectivity index (χ0v) is 17.4. The Morgan fingerprint density at radius 2 is 1.54 bits per heavy atom. The largest absolute Gasteiger partial charge is 0.490 e. The maximum Gasteiger partial charge on any atom is 0.130 e. The molecule has 0 saturated heterocycles. The molecule has 3 nitrogen and oxygen atoms in total. The summed E-state index contributed by atoms with van der Waals surface area (Å²) in [6.45, 7) is 4.14. The van der Waals surface area contributed by atoms with E-state index in [0.29, 0.717) is 27.8 Å². The van der Waals surface area contributed by atoms with Gasteiger partial charge in [0.15, 0.2) is 0 Å². The molecule has 28 heavy (non-hydrogen) atoms. The Morgan fingerprint density at radius 3 is 2.11 bits per heavy atom. The number of pyridine rings is 1. The second-order valence-electron chi connectivity index (χ2n) is 7.53. The first-order valence-electron chi connectivity index (χ1n) is 9.06. The normalized spacial score (nSPS) is 13.8. The Labute approximate surface area is 175 Å². The van der Waals surface area contributed by atoms with E-state index in [-0.39, 0.29) is 6.61 Å². The Balaban J connectivity index is 1.90. The molecule has 5 heteroatoms. The second kappa shape index (κ2) is 8.52. The fourth-order valence-electron chi connectivity index (χ4n) is 3.25. The lowest BCUT2D eigenvalue weighted by Crippen LogP contribution is -2.48. The van der Waals surface area contributed by atoms with Crippen LogP contribution in [0.5, 0.6) is 5.75 Å². The van der Waals surface area contributed by atoms with Gasteiger partial charge in [0, 0.05) is 33.4 Å². The Bertz CT molecular complexity index is 896. The first-order valence-corrected chi connectivity index (χ1v) is 9.81. The summed E-state index contributed by atoms with van der Waals surface area (Å²) >= 11 is 12.0. The Kier molecular flexibility index (Phi) is 6.29. The minimum Gasteiger partial charge on any atom is -0.490 e. The van der Waals surface area contributed by atoms with Gasteiger partial charge >= 0.3 is 0 Å². The summed E-state index contributed by atoms with van der Waals surface area (Å²) in [6, 6.07) is 18.5. The van der Waals surface area contributed by atoms with Gasteiger partial charge in [0.2, 0.25) is 0 Å². The summed E-state index contributed by atoms with van der Waals surface area (Å²) in [5.41, 5.74) is -0.0114. The molecule has 0 radical (unpaired) electrons. The zero-order valence-electron chi connectivity index (χ0n) is 15.9. The zero-order chi connectivity index (χ0) is 20.2. The first kappa shape index (κ1) is 20.7. The van der Waals surface area contributed by atoms with Crippen molar-refractivity contribution in [3.8, 4) is 5.75 Å². The number of aromatic nitrogens is 1. The molecule has 0 aliphatic rings. The lowest BCUT2D eigenvalue weighted by molar-refractivity contribution is -0.103. The smallest absolute Gasteiger partial charge is 0.130 e. The molecule has 0 bridgehead atoms. The molecule has 0 saturated carbocycles. The minimum absolute atomic E-state index is 0.0842. The van der Waals surface area contributed by atoms with Gasteiger partial charge < -0.3 is 9.84 Å². The number of halogens is 2. The summed E-state index contributed by atoms with van der Waals surface area (Å²) in [5.74, 6) is 0.647. The van der Waals surface area contributed by atoms with E-state index in [9.17, 15) is 5.11 Å². The molecule has 3 aromatic rings. The molecule has 146 valence electrons. The van der Waals surface area contributed by atoms with Crippen molar-refractivity contribution in [3.63, 3.8) is 0 Å². The van der Waals surface area contributed by atoms with Crippen LogP contribution in [-0.4, -0.2) is 16.7 Å². The highest BCUT2D eigenvalue weighted by Gasteiger charge is 2.46. The molecule has 1 heterocycles. The van der Waals surface area contributed by atoms with Crippen LogP contribution in [0.1, 0.15) is 25.0 Å². The van der Waals surface area contributed by atoms with E-state index in [1.165, 1.54) is 0 Å². The molecule has 0 amide bonds. The monoisotopic (exact) mass is 415 g/mol. The van der Waals surface area contributed by atoms with Crippen LogP contribution in [0.4, 0.5) is 0 Å². The third-order valence-corrected chi connectivity index (χ3v) is 5.58. The lowest BCUT2D eigenvalue weighted by Gasteiger charge is -2.43. The van der Waals surface area contributed by atoms with Crippen molar-refractivity contribution in [2.24, 2.45) is 5.41 Å². The van der Waals surface area contributed by atoms with E-state index in [4.69, 9.17) is 27.9 Å². The number of aliphatic hydroxyl groups is 1. The van der Waals surface area contributed by atoms with Gasteiger partial charge in [-0.3, -0.25) is 4.98 Å². The minimum atomic E-state index is -1.26. The summed E-state index contributed by atoms with van der Waals surface area (Å²) < 4.78 is 5.97. The number of benzene rings is 2. The summed E-state index contributed by atoms with van der Waals surface area (Å²) in [6.07, 6.45) is 4.02. The number of nitrogens with zero attached hydrogens (tertiary/aromatic N) is 1. The third kappa shape index (κ3) is 4.67. The summed E-state index contributed by atoms with van der Waals surface area (Å²) in [5, 5.41) is 13.2. The van der Waals surface area contributed by atoms with Crippen molar-refractivity contribution in [2.75, 3.05) is 6.61 Å². The second-order valence-corrected chi connectivity index (χ2v) is 8.40. The van der Waals surface area contributed by atoms with Crippen LogP contribution in [0.3, 0.4) is 0 Å². The predicted molar refractivity (Wildman–Crippen MR) is 114 cm³/mol. The van der Waals surface area contributed by atoms with Crippen molar-refractivity contribution in [1.29, 1.82) is 0 Å². The van der Waals surface area contributed by atoms with Gasteiger partial charge in [-0.25, -0.2) is 0 Å². The van der Waals surface area contributed by atoms with E-state index >= 15 is 0 Å². The van der Waals surface area contributed by atoms with Crippen molar-refractivity contribution in [2.45, 2.75) is 25.9 Å². The molecule has 1 aromatic heterocycles. The maximum absolute atomic E-state index is 11.8. The highest BCUT2D eigenvalue weighted by molar-refractivity contribution is 6.30. The van der Waals surface area contributed by atoms with E-state index in [2.05, 4.69) is 4.98 Å². The van der Waals surface area contributed by atoms with Gasteiger partial charge in [-0.15, -0.1) is 0 Å². The van der Waals surface area contributed by atoms with Crippen LogP contribution in [0.2, 0.25) is 10.0 Å². The molecule has 1 unspecified atom stereocenters. The standard InChI is InChI=1S/C23H23Cl2NO2/c1-22(2,14-17-5-7-19(24)8-6-17)23(27,18-4-3-13-26-15-18)16-28-21-11-9-20(25)10-12-21/h3-13,15,27H,14,16H2,1-2H3. The predicted octanol–water partition coefficient (Wildman–Crippen LogP) is 5.92. The van der Waals surface area contributed by atoms with Gasteiger partial charge in [-0.2, -0.15) is 0 Å². The topological polar surface area (TPSA) is 42.4 Å². The molecule has 0 fully saturated rings. The average Bonchev–Trinajstić information content (AvgIpc) is 2.69. The average molecular weight is 416 g/mol. The fraction of sp³-hybridized carbons (Fsp3) is 0.261. The van der Waals surface area contributed by atoms with Crippen molar-refractivity contribution < 1.29 is 9.84 Å². The van der Waals surface area contributed by atoms with Gasteiger partial charge in [0.1, 0.15) is 18.0 Å². The van der Waals surface area contributed by atoms with E-state index in [1.54, 1.807) is 36.7 Å². The molecular formula is C23H23Cl2NO2. The Morgan fingerprint density at radius 1 is 0.929 bits per heavy atom. The maximum atomic E-state index is 11.8. The summed E-state index contributed by atoms with van der Waals surface area (Å²) in [7, 11) is 0. The van der Waals surface area contributed by atoms with E-state index < -0.39 is 11.0 Å². The SMILES string of the molecule is CC(C)(Cc1ccc(Cl)cc1)C(O)(COc1ccc(Cl)cc1)c1cccnc1. The molecular weight excluding hydrogens is 393 g/mol. The van der Waals surface area contributed by atoms with Gasteiger partial charge in [0.05, 0.1) is 0 Å². The summed E-state index contributed by atoms with van der Waals surface area (Å²) in [4.78, 5) is 4.20. The molecule has 0 spiro atoms. The number of hydrogen-bond donors (Lipinski definition) is 1. The van der Waals surface area contributed by atoms with Crippen LogP contribution < -0.4 is 4.74 Å². The quantitative estimate of drug-likeness (QED) is 0.520. The van der Waals surface area contributed by atoms with Crippen molar-refractivity contribution in [3.05, 3.63) is 94.2 Å². The van der Waals surface area contributed by atoms with E-state index in [1.807, 2.05) is 50.2 Å². The van der Waals surface area contributed by atoms with Crippen LogP contribution >= 0.6 is 23.2 Å². The number of rotatable bonds is 7. The highest BCUT2D eigenvalue weighted by atomic mass is 35.5. The van der Waals surface area contributed by atoms with Crippen molar-refractivity contribution >= 4 is 23.2 Å². The van der Waals surface area contributed by atoms with Crippen LogP contribution in [0, 0.1) is 5.41 Å².